The Morgan fingerprint density at radius 2 is 1.87 bits per heavy atom. The number of anilines is 1. The zero-order chi connectivity index (χ0) is 17.0. The van der Waals surface area contributed by atoms with Gasteiger partial charge in [-0.25, -0.2) is 17.2 Å². The molecule has 0 aliphatic rings. The van der Waals surface area contributed by atoms with Gasteiger partial charge in [0.1, 0.15) is 17.4 Å². The van der Waals surface area contributed by atoms with Gasteiger partial charge in [-0.3, -0.25) is 4.79 Å². The SMILES string of the molecule is O=C(CS(=O)(=O)Cc1cccc(Br)c1)Nc1cc(F)ccc1F. The molecule has 0 aromatic heterocycles. The van der Waals surface area contributed by atoms with E-state index in [1.54, 1.807) is 24.3 Å². The molecule has 122 valence electrons. The summed E-state index contributed by atoms with van der Waals surface area (Å²) >= 11 is 3.23. The highest BCUT2D eigenvalue weighted by Crippen LogP contribution is 2.17. The van der Waals surface area contributed by atoms with E-state index in [0.717, 1.165) is 22.7 Å². The Morgan fingerprint density at radius 1 is 1.13 bits per heavy atom. The standard InChI is InChI=1S/C15H12BrF2NO3S/c16-11-3-1-2-10(6-11)8-23(21,22)9-15(20)19-14-7-12(17)4-5-13(14)18/h1-7H,8-9H2,(H,19,20). The minimum atomic E-state index is -3.74. The Balaban J connectivity index is 2.05. The molecule has 1 N–H and O–H groups in total. The first kappa shape index (κ1) is 17.6. The average molecular weight is 404 g/mol. The number of halogens is 3. The number of hydrogen-bond acceptors (Lipinski definition) is 3. The fraction of sp³-hybridized carbons (Fsp3) is 0.133. The second kappa shape index (κ2) is 7.18. The van der Waals surface area contributed by atoms with Gasteiger partial charge in [0.15, 0.2) is 9.84 Å². The molecule has 2 aromatic carbocycles. The van der Waals surface area contributed by atoms with Crippen LogP contribution in [0.15, 0.2) is 46.9 Å². The van der Waals surface area contributed by atoms with Crippen LogP contribution in [0, 0.1) is 11.6 Å². The molecule has 4 nitrogen and oxygen atoms in total. The number of carbonyl (C=O) groups is 1. The van der Waals surface area contributed by atoms with Gasteiger partial charge in [0, 0.05) is 10.5 Å². The van der Waals surface area contributed by atoms with Crippen molar-refractivity contribution in [2.75, 3.05) is 11.1 Å². The Bertz CT molecular complexity index is 840. The van der Waals surface area contributed by atoms with Gasteiger partial charge in [-0.05, 0) is 29.8 Å². The van der Waals surface area contributed by atoms with E-state index in [-0.39, 0.29) is 5.75 Å². The van der Waals surface area contributed by atoms with E-state index in [0.29, 0.717) is 5.56 Å². The monoisotopic (exact) mass is 403 g/mol. The highest BCUT2D eigenvalue weighted by atomic mass is 79.9. The zero-order valence-electron chi connectivity index (χ0n) is 11.7. The molecule has 2 aromatic rings. The summed E-state index contributed by atoms with van der Waals surface area (Å²) in [7, 11) is -3.74. The van der Waals surface area contributed by atoms with E-state index in [1.165, 1.54) is 0 Å². The van der Waals surface area contributed by atoms with Crippen molar-refractivity contribution in [1.82, 2.24) is 0 Å². The molecule has 8 heteroatoms. The van der Waals surface area contributed by atoms with Crippen LogP contribution in [0.2, 0.25) is 0 Å². The maximum Gasteiger partial charge on any atom is 0.239 e. The molecule has 2 rings (SSSR count). The van der Waals surface area contributed by atoms with Gasteiger partial charge in [-0.2, -0.15) is 0 Å². The second-order valence-electron chi connectivity index (χ2n) is 4.83. The molecule has 0 saturated heterocycles. The predicted octanol–water partition coefficient (Wildman–Crippen LogP) is 3.28. The maximum atomic E-state index is 13.4. The normalized spacial score (nSPS) is 11.3. The lowest BCUT2D eigenvalue weighted by atomic mass is 10.2. The fourth-order valence-corrected chi connectivity index (χ4v) is 3.62. The van der Waals surface area contributed by atoms with Crippen molar-refractivity contribution in [3.8, 4) is 0 Å². The zero-order valence-corrected chi connectivity index (χ0v) is 14.1. The van der Waals surface area contributed by atoms with Crippen LogP contribution in [0.3, 0.4) is 0 Å². The lowest BCUT2D eigenvalue weighted by molar-refractivity contribution is -0.113. The molecule has 0 unspecified atom stereocenters. The summed E-state index contributed by atoms with van der Waals surface area (Å²) in [5.74, 6) is -3.66. The molecule has 1 amide bonds. The van der Waals surface area contributed by atoms with Crippen molar-refractivity contribution < 1.29 is 22.0 Å². The Kier molecular flexibility index (Phi) is 5.48. The quantitative estimate of drug-likeness (QED) is 0.832. The summed E-state index contributed by atoms with van der Waals surface area (Å²) in [5, 5.41) is 2.06. The molecule has 0 aliphatic heterocycles. The number of nitrogens with one attached hydrogen (secondary N) is 1. The van der Waals surface area contributed by atoms with Crippen LogP contribution in [0.4, 0.5) is 14.5 Å². The summed E-state index contributed by atoms with van der Waals surface area (Å²) in [5.41, 5.74) is 0.122. The van der Waals surface area contributed by atoms with E-state index < -0.39 is 38.8 Å². The third-order valence-corrected chi connectivity index (χ3v) is 4.80. The number of benzene rings is 2. The Labute approximate surface area is 140 Å². The fourth-order valence-electron chi connectivity index (χ4n) is 1.91. The molecule has 0 heterocycles. The number of rotatable bonds is 5. The van der Waals surface area contributed by atoms with Crippen molar-refractivity contribution in [3.63, 3.8) is 0 Å². The van der Waals surface area contributed by atoms with Crippen LogP contribution in [-0.2, 0) is 20.4 Å². The van der Waals surface area contributed by atoms with Crippen LogP contribution in [-0.4, -0.2) is 20.1 Å². The maximum absolute atomic E-state index is 13.4. The van der Waals surface area contributed by atoms with E-state index in [9.17, 15) is 22.0 Å². The molecule has 23 heavy (non-hydrogen) atoms. The largest absolute Gasteiger partial charge is 0.323 e. The van der Waals surface area contributed by atoms with Crippen molar-refractivity contribution >= 4 is 37.4 Å². The van der Waals surface area contributed by atoms with Gasteiger partial charge < -0.3 is 5.32 Å². The molecule has 0 radical (unpaired) electrons. The van der Waals surface area contributed by atoms with Gasteiger partial charge in [0.05, 0.1) is 11.4 Å². The van der Waals surface area contributed by atoms with Crippen LogP contribution in [0.5, 0.6) is 0 Å². The minimum absolute atomic E-state index is 0.328. The van der Waals surface area contributed by atoms with Crippen LogP contribution >= 0.6 is 15.9 Å². The van der Waals surface area contributed by atoms with Crippen LogP contribution < -0.4 is 5.32 Å². The topological polar surface area (TPSA) is 63.2 Å². The van der Waals surface area contributed by atoms with E-state index in [4.69, 9.17) is 0 Å². The minimum Gasteiger partial charge on any atom is -0.323 e. The first-order valence-corrected chi connectivity index (χ1v) is 9.06. The summed E-state index contributed by atoms with van der Waals surface area (Å²) in [4.78, 5) is 11.8. The number of carbonyl (C=O) groups excluding carboxylic acids is 1. The van der Waals surface area contributed by atoms with Crippen molar-refractivity contribution in [2.24, 2.45) is 0 Å². The molecule has 0 spiro atoms. The predicted molar refractivity (Wildman–Crippen MR) is 86.6 cm³/mol. The summed E-state index contributed by atoms with van der Waals surface area (Å²) in [6.07, 6.45) is 0. The van der Waals surface area contributed by atoms with Gasteiger partial charge in [0.25, 0.3) is 0 Å². The molecule has 0 saturated carbocycles. The number of amides is 1. The van der Waals surface area contributed by atoms with Crippen molar-refractivity contribution in [2.45, 2.75) is 5.75 Å². The van der Waals surface area contributed by atoms with E-state index >= 15 is 0 Å². The molecule has 0 fully saturated rings. The second-order valence-corrected chi connectivity index (χ2v) is 7.81. The third-order valence-electron chi connectivity index (χ3n) is 2.83. The molecule has 0 atom stereocenters. The highest BCUT2D eigenvalue weighted by Gasteiger charge is 2.19. The van der Waals surface area contributed by atoms with E-state index in [1.807, 2.05) is 0 Å². The Hall–Kier alpha value is -1.80. The molecular weight excluding hydrogens is 392 g/mol. The number of hydrogen-bond donors (Lipinski definition) is 1. The molecule has 0 aliphatic carbocycles. The lowest BCUT2D eigenvalue weighted by Crippen LogP contribution is -2.24. The first-order chi connectivity index (χ1) is 10.7. The van der Waals surface area contributed by atoms with Gasteiger partial charge in [-0.1, -0.05) is 28.1 Å². The van der Waals surface area contributed by atoms with Crippen LogP contribution in [0.1, 0.15) is 5.56 Å². The third kappa shape index (κ3) is 5.40. The summed E-state index contributed by atoms with van der Waals surface area (Å²) in [6, 6.07) is 9.20. The first-order valence-electron chi connectivity index (χ1n) is 6.45. The van der Waals surface area contributed by atoms with Crippen molar-refractivity contribution in [1.29, 1.82) is 0 Å². The van der Waals surface area contributed by atoms with Gasteiger partial charge >= 0.3 is 0 Å². The lowest BCUT2D eigenvalue weighted by Gasteiger charge is -2.08. The van der Waals surface area contributed by atoms with E-state index in [2.05, 4.69) is 21.2 Å². The highest BCUT2D eigenvalue weighted by molar-refractivity contribution is 9.10. The molecular formula is C15H12BrF2NO3S. The van der Waals surface area contributed by atoms with Crippen LogP contribution in [0.25, 0.3) is 0 Å². The molecule has 0 bridgehead atoms. The van der Waals surface area contributed by atoms with Gasteiger partial charge in [0.2, 0.25) is 5.91 Å². The summed E-state index contributed by atoms with van der Waals surface area (Å²) < 4.78 is 51.2. The van der Waals surface area contributed by atoms with Crippen molar-refractivity contribution in [3.05, 3.63) is 64.1 Å². The number of sulfone groups is 1. The average Bonchev–Trinajstić information content (AvgIpc) is 2.41. The smallest absolute Gasteiger partial charge is 0.239 e. The Morgan fingerprint density at radius 3 is 2.57 bits per heavy atom. The summed E-state index contributed by atoms with van der Waals surface area (Å²) in [6.45, 7) is 0. The van der Waals surface area contributed by atoms with Gasteiger partial charge in [-0.15, -0.1) is 0 Å².